The van der Waals surface area contributed by atoms with E-state index in [0.29, 0.717) is 18.3 Å². The fourth-order valence-corrected chi connectivity index (χ4v) is 2.13. The summed E-state index contributed by atoms with van der Waals surface area (Å²) < 4.78 is 5.09. The Bertz CT molecular complexity index is 314. The van der Waals surface area contributed by atoms with Crippen LogP contribution in [-0.4, -0.2) is 36.7 Å². The number of benzene rings is 1. The Morgan fingerprint density at radius 1 is 1.29 bits per heavy atom. The molecule has 2 N–H and O–H groups in total. The molecule has 1 unspecified atom stereocenters. The molecule has 1 aromatic rings. The van der Waals surface area contributed by atoms with E-state index in [1.54, 1.807) is 18.9 Å². The van der Waals surface area contributed by atoms with Gasteiger partial charge in [0.25, 0.3) is 0 Å². The first kappa shape index (κ1) is 14.4. The summed E-state index contributed by atoms with van der Waals surface area (Å²) in [7, 11) is 1.66. The molecule has 0 radical (unpaired) electrons. The van der Waals surface area contributed by atoms with Gasteiger partial charge in [-0.2, -0.15) is 0 Å². The fourth-order valence-electron chi connectivity index (χ4n) is 1.30. The third-order valence-corrected chi connectivity index (χ3v) is 3.42. The number of hydrogen-bond acceptors (Lipinski definition) is 4. The second-order valence-electron chi connectivity index (χ2n) is 4.20. The highest BCUT2D eigenvalue weighted by Gasteiger charge is 2.05. The minimum atomic E-state index is -0.315. The van der Waals surface area contributed by atoms with Crippen molar-refractivity contribution in [1.82, 2.24) is 5.32 Å². The van der Waals surface area contributed by atoms with E-state index in [1.165, 1.54) is 0 Å². The molecule has 0 aliphatic heterocycles. The molecule has 96 valence electrons. The summed E-state index contributed by atoms with van der Waals surface area (Å²) in [5, 5.41) is 13.0. The van der Waals surface area contributed by atoms with Crippen molar-refractivity contribution in [3.05, 3.63) is 24.3 Å². The lowest BCUT2D eigenvalue weighted by Gasteiger charge is -2.13. The van der Waals surface area contributed by atoms with Gasteiger partial charge in [-0.05, 0) is 24.3 Å². The Labute approximate surface area is 108 Å². The molecule has 0 bridgehead atoms. The molecule has 1 aromatic carbocycles. The predicted molar refractivity (Wildman–Crippen MR) is 72.9 cm³/mol. The van der Waals surface area contributed by atoms with Crippen LogP contribution in [0.5, 0.6) is 5.75 Å². The van der Waals surface area contributed by atoms with Crippen LogP contribution < -0.4 is 10.1 Å². The monoisotopic (exact) mass is 255 g/mol. The zero-order valence-electron chi connectivity index (χ0n) is 10.6. The second kappa shape index (κ2) is 7.58. The van der Waals surface area contributed by atoms with Gasteiger partial charge in [0.1, 0.15) is 5.75 Å². The first-order valence-electron chi connectivity index (χ1n) is 5.80. The molecule has 1 atom stereocenters. The Morgan fingerprint density at radius 2 is 1.94 bits per heavy atom. The van der Waals surface area contributed by atoms with E-state index in [4.69, 9.17) is 4.74 Å². The normalized spacial score (nSPS) is 12.8. The van der Waals surface area contributed by atoms with Crippen LogP contribution in [0.3, 0.4) is 0 Å². The molecule has 0 aromatic heterocycles. The third kappa shape index (κ3) is 5.96. The van der Waals surface area contributed by atoms with Gasteiger partial charge in [-0.15, -0.1) is 11.8 Å². The smallest absolute Gasteiger partial charge is 0.118 e. The second-order valence-corrected chi connectivity index (χ2v) is 5.30. The number of aliphatic hydroxyl groups is 1. The first-order valence-corrected chi connectivity index (χ1v) is 6.78. The summed E-state index contributed by atoms with van der Waals surface area (Å²) in [6.07, 6.45) is -0.315. The molecule has 4 heteroatoms. The maximum Gasteiger partial charge on any atom is 0.118 e. The van der Waals surface area contributed by atoms with Crippen LogP contribution in [-0.2, 0) is 0 Å². The predicted octanol–water partition coefficient (Wildman–Crippen LogP) is 2.15. The summed E-state index contributed by atoms with van der Waals surface area (Å²) in [6, 6.07) is 8.29. The van der Waals surface area contributed by atoms with Crippen molar-refractivity contribution >= 4 is 11.8 Å². The van der Waals surface area contributed by atoms with Crippen LogP contribution in [0.1, 0.15) is 13.8 Å². The minimum absolute atomic E-state index is 0.315. The van der Waals surface area contributed by atoms with Crippen LogP contribution >= 0.6 is 11.8 Å². The van der Waals surface area contributed by atoms with E-state index >= 15 is 0 Å². The maximum atomic E-state index is 9.75. The summed E-state index contributed by atoms with van der Waals surface area (Å²) >= 11 is 1.65. The Hall–Kier alpha value is -0.710. The molecule has 0 aliphatic carbocycles. The van der Waals surface area contributed by atoms with Crippen molar-refractivity contribution < 1.29 is 9.84 Å². The molecule has 1 rings (SSSR count). The first-order chi connectivity index (χ1) is 8.11. The molecule has 3 nitrogen and oxygen atoms in total. The number of nitrogens with one attached hydrogen (secondary N) is 1. The molecule has 0 amide bonds. The molecule has 0 heterocycles. The van der Waals surface area contributed by atoms with Crippen molar-refractivity contribution in [1.29, 1.82) is 0 Å². The number of hydrogen-bond donors (Lipinski definition) is 2. The van der Waals surface area contributed by atoms with E-state index < -0.39 is 0 Å². The summed E-state index contributed by atoms with van der Waals surface area (Å²) in [5.41, 5.74) is 0. The highest BCUT2D eigenvalue weighted by atomic mass is 32.2. The van der Waals surface area contributed by atoms with Gasteiger partial charge < -0.3 is 15.2 Å². The van der Waals surface area contributed by atoms with Gasteiger partial charge in [-0.1, -0.05) is 13.8 Å². The lowest BCUT2D eigenvalue weighted by molar-refractivity contribution is 0.192. The lowest BCUT2D eigenvalue weighted by atomic mass is 10.3. The van der Waals surface area contributed by atoms with Crippen molar-refractivity contribution in [3.63, 3.8) is 0 Å². The van der Waals surface area contributed by atoms with Gasteiger partial charge in [0, 0.05) is 23.2 Å². The molecule has 17 heavy (non-hydrogen) atoms. The van der Waals surface area contributed by atoms with Gasteiger partial charge in [0.15, 0.2) is 0 Å². The van der Waals surface area contributed by atoms with Gasteiger partial charge in [-0.3, -0.25) is 0 Å². The molecular weight excluding hydrogens is 234 g/mol. The van der Waals surface area contributed by atoms with E-state index in [2.05, 4.69) is 19.2 Å². The van der Waals surface area contributed by atoms with Crippen molar-refractivity contribution in [3.8, 4) is 5.75 Å². The van der Waals surface area contributed by atoms with Crippen LogP contribution in [0.15, 0.2) is 29.2 Å². The Balaban J connectivity index is 2.29. The lowest BCUT2D eigenvalue weighted by Crippen LogP contribution is -2.33. The highest BCUT2D eigenvalue weighted by Crippen LogP contribution is 2.21. The zero-order valence-corrected chi connectivity index (χ0v) is 11.5. The average molecular weight is 255 g/mol. The number of aliphatic hydroxyl groups excluding tert-OH is 1. The SMILES string of the molecule is COc1ccc(SCC(O)CNC(C)C)cc1. The Kier molecular flexibility index (Phi) is 6.40. The van der Waals surface area contributed by atoms with E-state index in [9.17, 15) is 5.11 Å². The van der Waals surface area contributed by atoms with Gasteiger partial charge in [0.2, 0.25) is 0 Å². The average Bonchev–Trinajstić information content (AvgIpc) is 2.34. The fraction of sp³-hybridized carbons (Fsp3) is 0.538. The van der Waals surface area contributed by atoms with E-state index in [0.717, 1.165) is 10.6 Å². The van der Waals surface area contributed by atoms with Crippen LogP contribution in [0, 0.1) is 0 Å². The summed E-state index contributed by atoms with van der Waals surface area (Å²) in [4.78, 5) is 1.15. The molecule has 0 aliphatic rings. The van der Waals surface area contributed by atoms with Gasteiger partial charge >= 0.3 is 0 Å². The number of rotatable bonds is 7. The van der Waals surface area contributed by atoms with Crippen molar-refractivity contribution in [2.75, 3.05) is 19.4 Å². The van der Waals surface area contributed by atoms with Crippen molar-refractivity contribution in [2.24, 2.45) is 0 Å². The molecule has 0 saturated heterocycles. The third-order valence-electron chi connectivity index (χ3n) is 2.26. The topological polar surface area (TPSA) is 41.5 Å². The quantitative estimate of drug-likeness (QED) is 0.733. The van der Waals surface area contributed by atoms with Crippen LogP contribution in [0.25, 0.3) is 0 Å². The zero-order chi connectivity index (χ0) is 12.7. The minimum Gasteiger partial charge on any atom is -0.497 e. The number of thioether (sulfide) groups is 1. The van der Waals surface area contributed by atoms with Crippen molar-refractivity contribution in [2.45, 2.75) is 30.9 Å². The Morgan fingerprint density at radius 3 is 2.47 bits per heavy atom. The summed E-state index contributed by atoms with van der Waals surface area (Å²) in [6.45, 7) is 4.79. The van der Waals surface area contributed by atoms with E-state index in [-0.39, 0.29) is 6.10 Å². The largest absolute Gasteiger partial charge is 0.497 e. The molecule has 0 spiro atoms. The summed E-state index contributed by atoms with van der Waals surface area (Å²) in [5.74, 6) is 1.56. The standard InChI is InChI=1S/C13H21NO2S/c1-10(2)14-8-11(15)9-17-13-6-4-12(16-3)5-7-13/h4-7,10-11,14-15H,8-9H2,1-3H3. The van der Waals surface area contributed by atoms with E-state index in [1.807, 2.05) is 24.3 Å². The van der Waals surface area contributed by atoms with Gasteiger partial charge in [0.05, 0.1) is 13.2 Å². The molecular formula is C13H21NO2S. The molecule has 0 fully saturated rings. The number of methoxy groups -OCH3 is 1. The molecule has 0 saturated carbocycles. The van der Waals surface area contributed by atoms with Crippen LogP contribution in [0.4, 0.5) is 0 Å². The highest BCUT2D eigenvalue weighted by molar-refractivity contribution is 7.99. The number of ether oxygens (including phenoxy) is 1. The van der Waals surface area contributed by atoms with Crippen LogP contribution in [0.2, 0.25) is 0 Å². The van der Waals surface area contributed by atoms with Gasteiger partial charge in [-0.25, -0.2) is 0 Å². The maximum absolute atomic E-state index is 9.75.